The van der Waals surface area contributed by atoms with E-state index < -0.39 is 0 Å². The first-order chi connectivity index (χ1) is 6.75. The lowest BCUT2D eigenvalue weighted by molar-refractivity contribution is 0.447. The summed E-state index contributed by atoms with van der Waals surface area (Å²) in [5.74, 6) is 0.746. The Balaban J connectivity index is 1.82. The van der Waals surface area contributed by atoms with Crippen LogP contribution in [0.1, 0.15) is 31.2 Å². The number of nitrogens with two attached hydrogens (primary N) is 1. The monoisotopic (exact) mass is 193 g/mol. The molecule has 2 rings (SSSR count). The highest BCUT2D eigenvalue weighted by atomic mass is 15.2. The number of rotatable bonds is 3. The first-order valence-electron chi connectivity index (χ1n) is 5.49. The van der Waals surface area contributed by atoms with E-state index in [9.17, 15) is 0 Å². The van der Waals surface area contributed by atoms with Crippen LogP contribution in [0.25, 0.3) is 0 Å². The number of aryl methyl sites for hydroxylation is 2. The average Bonchev–Trinajstić information content (AvgIpc) is 2.72. The van der Waals surface area contributed by atoms with Crippen molar-refractivity contribution in [2.45, 2.75) is 38.1 Å². The molecule has 0 bridgehead atoms. The molecular formula is C11H19N3. The van der Waals surface area contributed by atoms with Crippen LogP contribution in [-0.4, -0.2) is 15.8 Å². The summed E-state index contributed by atoms with van der Waals surface area (Å²) in [6, 6.07) is 0.451. The van der Waals surface area contributed by atoms with Crippen molar-refractivity contribution in [2.75, 3.05) is 0 Å². The second kappa shape index (κ2) is 4.13. The molecule has 3 nitrogen and oxygen atoms in total. The lowest BCUT2D eigenvalue weighted by Crippen LogP contribution is -2.24. The maximum absolute atomic E-state index is 6.03. The average molecular weight is 193 g/mol. The molecule has 0 aromatic carbocycles. The van der Waals surface area contributed by atoms with Gasteiger partial charge in [0.1, 0.15) is 0 Å². The Morgan fingerprint density at radius 1 is 1.57 bits per heavy atom. The fraction of sp³-hybridized carbons (Fsp3) is 0.727. The van der Waals surface area contributed by atoms with E-state index in [1.54, 1.807) is 0 Å². The van der Waals surface area contributed by atoms with Crippen LogP contribution >= 0.6 is 0 Å². The molecule has 14 heavy (non-hydrogen) atoms. The summed E-state index contributed by atoms with van der Waals surface area (Å²) in [6.07, 6.45) is 10.3. The zero-order valence-electron chi connectivity index (χ0n) is 8.82. The third kappa shape index (κ3) is 2.15. The Kier molecular flexibility index (Phi) is 2.87. The molecule has 0 radical (unpaired) electrons. The third-order valence-corrected chi connectivity index (χ3v) is 3.28. The van der Waals surface area contributed by atoms with E-state index in [0.717, 1.165) is 12.3 Å². The van der Waals surface area contributed by atoms with Crippen molar-refractivity contribution in [3.63, 3.8) is 0 Å². The lowest BCUT2D eigenvalue weighted by atomic mass is 9.96. The fourth-order valence-corrected chi connectivity index (χ4v) is 2.38. The van der Waals surface area contributed by atoms with Gasteiger partial charge in [0.05, 0.1) is 6.20 Å². The summed E-state index contributed by atoms with van der Waals surface area (Å²) in [5.41, 5.74) is 7.37. The van der Waals surface area contributed by atoms with Crippen LogP contribution in [0.3, 0.4) is 0 Å². The molecule has 0 aliphatic heterocycles. The Morgan fingerprint density at radius 2 is 2.43 bits per heavy atom. The molecule has 78 valence electrons. The molecule has 1 aliphatic rings. The maximum Gasteiger partial charge on any atom is 0.0521 e. The summed E-state index contributed by atoms with van der Waals surface area (Å²) in [6.45, 7) is 0. The van der Waals surface area contributed by atoms with Gasteiger partial charge in [0.25, 0.3) is 0 Å². The van der Waals surface area contributed by atoms with Gasteiger partial charge in [-0.2, -0.15) is 5.10 Å². The van der Waals surface area contributed by atoms with Crippen molar-refractivity contribution in [3.8, 4) is 0 Å². The van der Waals surface area contributed by atoms with Crippen molar-refractivity contribution in [1.29, 1.82) is 0 Å². The lowest BCUT2D eigenvalue weighted by Gasteiger charge is -2.13. The van der Waals surface area contributed by atoms with E-state index in [-0.39, 0.29) is 0 Å². The van der Waals surface area contributed by atoms with Gasteiger partial charge in [0.2, 0.25) is 0 Å². The van der Waals surface area contributed by atoms with E-state index in [1.807, 2.05) is 17.9 Å². The minimum absolute atomic E-state index is 0.451. The van der Waals surface area contributed by atoms with Gasteiger partial charge < -0.3 is 5.73 Å². The molecule has 0 saturated heterocycles. The number of hydrogen-bond donors (Lipinski definition) is 1. The second-order valence-corrected chi connectivity index (χ2v) is 4.42. The van der Waals surface area contributed by atoms with Crippen LogP contribution < -0.4 is 5.73 Å². The zero-order chi connectivity index (χ0) is 9.97. The predicted molar refractivity (Wildman–Crippen MR) is 56.8 cm³/mol. The first kappa shape index (κ1) is 9.71. The molecule has 2 unspecified atom stereocenters. The molecule has 2 atom stereocenters. The maximum atomic E-state index is 6.03. The highest BCUT2D eigenvalue weighted by Gasteiger charge is 2.23. The van der Waals surface area contributed by atoms with Gasteiger partial charge in [-0.05, 0) is 37.2 Å². The summed E-state index contributed by atoms with van der Waals surface area (Å²) < 4.78 is 1.86. The second-order valence-electron chi connectivity index (χ2n) is 4.42. The molecule has 1 aliphatic carbocycles. The van der Waals surface area contributed by atoms with Crippen LogP contribution in [-0.2, 0) is 13.5 Å². The fourth-order valence-electron chi connectivity index (χ4n) is 2.38. The molecular weight excluding hydrogens is 174 g/mol. The van der Waals surface area contributed by atoms with Crippen LogP contribution in [0.15, 0.2) is 12.4 Å². The number of nitrogens with zero attached hydrogens (tertiary/aromatic N) is 2. The van der Waals surface area contributed by atoms with Gasteiger partial charge in [0, 0.05) is 19.3 Å². The normalized spacial score (nSPS) is 27.0. The van der Waals surface area contributed by atoms with E-state index in [4.69, 9.17) is 5.73 Å². The van der Waals surface area contributed by atoms with Crippen molar-refractivity contribution < 1.29 is 0 Å². The minimum atomic E-state index is 0.451. The minimum Gasteiger partial charge on any atom is -0.327 e. The predicted octanol–water partition coefficient (Wildman–Crippen LogP) is 1.48. The standard InChI is InChI=1S/C11H19N3/c1-14-8-9(7-13-14)5-6-10-3-2-4-11(10)12/h7-8,10-11H,2-6,12H2,1H3. The summed E-state index contributed by atoms with van der Waals surface area (Å²) in [7, 11) is 1.96. The molecule has 1 saturated carbocycles. The van der Waals surface area contributed by atoms with E-state index >= 15 is 0 Å². The van der Waals surface area contributed by atoms with E-state index in [2.05, 4.69) is 11.3 Å². The molecule has 1 aromatic heterocycles. The highest BCUT2D eigenvalue weighted by molar-refractivity contribution is 5.04. The van der Waals surface area contributed by atoms with Crippen LogP contribution in [0.5, 0.6) is 0 Å². The molecule has 0 spiro atoms. The smallest absolute Gasteiger partial charge is 0.0521 e. The van der Waals surface area contributed by atoms with Gasteiger partial charge in [0.15, 0.2) is 0 Å². The Morgan fingerprint density at radius 3 is 3.00 bits per heavy atom. The zero-order valence-corrected chi connectivity index (χ0v) is 8.82. The Bertz CT molecular complexity index is 292. The topological polar surface area (TPSA) is 43.8 Å². The summed E-state index contributed by atoms with van der Waals surface area (Å²) in [4.78, 5) is 0. The first-order valence-corrected chi connectivity index (χ1v) is 5.49. The Labute approximate surface area is 85.3 Å². The third-order valence-electron chi connectivity index (χ3n) is 3.28. The highest BCUT2D eigenvalue weighted by Crippen LogP contribution is 2.27. The van der Waals surface area contributed by atoms with Crippen LogP contribution in [0.2, 0.25) is 0 Å². The van der Waals surface area contributed by atoms with Gasteiger partial charge >= 0.3 is 0 Å². The van der Waals surface area contributed by atoms with Crippen LogP contribution in [0.4, 0.5) is 0 Å². The largest absolute Gasteiger partial charge is 0.327 e. The summed E-state index contributed by atoms with van der Waals surface area (Å²) in [5, 5.41) is 4.17. The van der Waals surface area contributed by atoms with Gasteiger partial charge in [-0.1, -0.05) is 6.42 Å². The number of hydrogen-bond acceptors (Lipinski definition) is 2. The number of aromatic nitrogens is 2. The molecule has 1 aromatic rings. The molecule has 3 heteroatoms. The molecule has 0 amide bonds. The van der Waals surface area contributed by atoms with Crippen molar-refractivity contribution in [2.24, 2.45) is 18.7 Å². The van der Waals surface area contributed by atoms with Crippen molar-refractivity contribution in [3.05, 3.63) is 18.0 Å². The van der Waals surface area contributed by atoms with Crippen molar-refractivity contribution >= 4 is 0 Å². The molecule has 1 fully saturated rings. The van der Waals surface area contributed by atoms with Crippen molar-refractivity contribution in [1.82, 2.24) is 9.78 Å². The van der Waals surface area contributed by atoms with Gasteiger partial charge in [-0.15, -0.1) is 0 Å². The van der Waals surface area contributed by atoms with Crippen LogP contribution in [0, 0.1) is 5.92 Å². The van der Waals surface area contributed by atoms with E-state index in [1.165, 1.54) is 31.2 Å². The Hall–Kier alpha value is -0.830. The van der Waals surface area contributed by atoms with Gasteiger partial charge in [-0.25, -0.2) is 0 Å². The quantitative estimate of drug-likeness (QED) is 0.790. The SMILES string of the molecule is Cn1cc(CCC2CCCC2N)cn1. The molecule has 1 heterocycles. The van der Waals surface area contributed by atoms with Gasteiger partial charge in [-0.3, -0.25) is 4.68 Å². The molecule has 2 N–H and O–H groups in total. The van der Waals surface area contributed by atoms with E-state index in [0.29, 0.717) is 6.04 Å². The summed E-state index contributed by atoms with van der Waals surface area (Å²) >= 11 is 0.